The fourth-order valence-corrected chi connectivity index (χ4v) is 0.327. The van der Waals surface area contributed by atoms with Gasteiger partial charge in [-0.25, -0.2) is 0 Å². The quantitative estimate of drug-likeness (QED) is 0.697. The molecule has 0 saturated carbocycles. The summed E-state index contributed by atoms with van der Waals surface area (Å²) in [6.45, 7) is 3.47. The van der Waals surface area contributed by atoms with E-state index in [0.717, 1.165) is 0 Å². The van der Waals surface area contributed by atoms with Gasteiger partial charge in [0, 0.05) is 6.61 Å². The van der Waals surface area contributed by atoms with Crippen LogP contribution in [0.4, 0.5) is 0 Å². The molecule has 0 saturated heterocycles. The van der Waals surface area contributed by atoms with Crippen molar-refractivity contribution in [3.63, 3.8) is 0 Å². The Balaban J connectivity index is -0.000000142. The first-order valence-corrected chi connectivity index (χ1v) is 3.73. The molecular formula is C8H21ClNO2. The average molecular weight is 199 g/mol. The number of hydrogen-bond acceptors (Lipinski definition) is 3. The van der Waals surface area contributed by atoms with E-state index in [2.05, 4.69) is 6.92 Å². The molecule has 0 aromatic rings. The summed E-state index contributed by atoms with van der Waals surface area (Å²) >= 11 is 0. The van der Waals surface area contributed by atoms with Crippen LogP contribution in [0.2, 0.25) is 0 Å². The van der Waals surface area contributed by atoms with Crippen LogP contribution in [0.15, 0.2) is 0 Å². The van der Waals surface area contributed by atoms with Crippen molar-refractivity contribution >= 4 is 12.4 Å². The maximum absolute atomic E-state index is 8.46. The van der Waals surface area contributed by atoms with Gasteiger partial charge in [0.2, 0.25) is 0 Å². The zero-order valence-corrected chi connectivity index (χ0v) is 8.97. The molecule has 0 fully saturated rings. The summed E-state index contributed by atoms with van der Waals surface area (Å²) in [7, 11) is 6.00. The third-order valence-corrected chi connectivity index (χ3v) is 0.695. The Bertz CT molecular complexity index is 67.3. The minimum atomic E-state index is -0.507. The summed E-state index contributed by atoms with van der Waals surface area (Å²) in [5.41, 5.74) is 0. The van der Waals surface area contributed by atoms with Crippen LogP contribution in [0, 0.1) is 6.92 Å². The van der Waals surface area contributed by atoms with Gasteiger partial charge in [-0.2, -0.15) is 0 Å². The summed E-state index contributed by atoms with van der Waals surface area (Å²) in [6.07, 6.45) is 0.730. The zero-order chi connectivity index (χ0) is 9.28. The molecule has 0 bridgehead atoms. The Morgan fingerprint density at radius 2 is 1.67 bits per heavy atom. The van der Waals surface area contributed by atoms with E-state index in [9.17, 15) is 0 Å². The highest BCUT2D eigenvalue weighted by molar-refractivity contribution is 5.85. The van der Waals surface area contributed by atoms with Crippen molar-refractivity contribution in [2.24, 2.45) is 0 Å². The Labute approximate surface area is 81.8 Å². The van der Waals surface area contributed by atoms with Gasteiger partial charge in [0.25, 0.3) is 0 Å². The molecule has 1 radical (unpaired) electrons. The van der Waals surface area contributed by atoms with E-state index in [4.69, 9.17) is 10.2 Å². The minimum Gasteiger partial charge on any atom is -0.396 e. The maximum Gasteiger partial charge on any atom is 0.0542 e. The highest BCUT2D eigenvalue weighted by Gasteiger charge is 1.91. The molecule has 0 spiro atoms. The van der Waals surface area contributed by atoms with Crippen molar-refractivity contribution in [1.29, 1.82) is 0 Å². The SMILES string of the molecule is CN(C)C.Cl.[CH2]C(O)CCCO. The van der Waals surface area contributed by atoms with Crippen LogP contribution in [-0.2, 0) is 0 Å². The molecule has 0 aliphatic heterocycles. The molecule has 0 aliphatic carbocycles. The third kappa shape index (κ3) is 49.2. The van der Waals surface area contributed by atoms with Crippen molar-refractivity contribution in [2.45, 2.75) is 18.9 Å². The second-order valence-electron chi connectivity index (χ2n) is 2.86. The summed E-state index contributed by atoms with van der Waals surface area (Å²) < 4.78 is 0. The van der Waals surface area contributed by atoms with Gasteiger partial charge in [0.05, 0.1) is 6.10 Å². The van der Waals surface area contributed by atoms with Gasteiger partial charge in [0.1, 0.15) is 0 Å². The number of halogens is 1. The van der Waals surface area contributed by atoms with Crippen molar-refractivity contribution in [1.82, 2.24) is 4.90 Å². The van der Waals surface area contributed by atoms with Gasteiger partial charge in [-0.05, 0) is 40.9 Å². The molecular weight excluding hydrogens is 178 g/mol. The lowest BCUT2D eigenvalue weighted by Gasteiger charge is -1.97. The lowest BCUT2D eigenvalue weighted by Crippen LogP contribution is -2.00. The average Bonchev–Trinajstić information content (AvgIpc) is 1.82. The molecule has 0 aliphatic rings. The van der Waals surface area contributed by atoms with Crippen LogP contribution >= 0.6 is 12.4 Å². The summed E-state index contributed by atoms with van der Waals surface area (Å²) in [5.74, 6) is 0. The lowest BCUT2D eigenvalue weighted by molar-refractivity contribution is 0.188. The molecule has 0 heterocycles. The first-order chi connectivity index (χ1) is 5.00. The normalized spacial score (nSPS) is 11.2. The second-order valence-corrected chi connectivity index (χ2v) is 2.86. The van der Waals surface area contributed by atoms with Crippen molar-refractivity contribution < 1.29 is 10.2 Å². The van der Waals surface area contributed by atoms with Crippen molar-refractivity contribution in [3.05, 3.63) is 6.92 Å². The Morgan fingerprint density at radius 3 is 1.75 bits per heavy atom. The van der Waals surface area contributed by atoms with Gasteiger partial charge in [-0.3, -0.25) is 0 Å². The van der Waals surface area contributed by atoms with Crippen LogP contribution in [0.3, 0.4) is 0 Å². The van der Waals surface area contributed by atoms with Gasteiger partial charge < -0.3 is 15.1 Å². The number of aliphatic hydroxyl groups excluding tert-OH is 2. The van der Waals surface area contributed by atoms with Crippen molar-refractivity contribution in [2.75, 3.05) is 27.7 Å². The standard InChI is InChI=1S/C5H11O2.C3H9N.ClH/c1-5(7)3-2-4-6;1-4(2)3;/h5-7H,1-4H2;1-3H3;1H. The smallest absolute Gasteiger partial charge is 0.0542 e. The van der Waals surface area contributed by atoms with Gasteiger partial charge in [0.15, 0.2) is 0 Å². The number of rotatable bonds is 3. The van der Waals surface area contributed by atoms with Gasteiger partial charge >= 0.3 is 0 Å². The van der Waals surface area contributed by atoms with Crippen LogP contribution in [0.5, 0.6) is 0 Å². The van der Waals surface area contributed by atoms with E-state index < -0.39 is 6.10 Å². The molecule has 1 unspecified atom stereocenters. The van der Waals surface area contributed by atoms with E-state index in [-0.39, 0.29) is 19.0 Å². The minimum absolute atomic E-state index is 0. The zero-order valence-electron chi connectivity index (χ0n) is 8.16. The fourth-order valence-electron chi connectivity index (χ4n) is 0.327. The molecule has 0 amide bonds. The van der Waals surface area contributed by atoms with Gasteiger partial charge in [-0.1, -0.05) is 0 Å². The summed E-state index contributed by atoms with van der Waals surface area (Å²) in [5, 5.41) is 16.6. The molecule has 2 N–H and O–H groups in total. The summed E-state index contributed by atoms with van der Waals surface area (Å²) in [4.78, 5) is 2.00. The predicted octanol–water partition coefficient (Wildman–Crippen LogP) is 0.553. The largest absolute Gasteiger partial charge is 0.396 e. The van der Waals surface area contributed by atoms with Crippen LogP contribution in [0.1, 0.15) is 12.8 Å². The lowest BCUT2D eigenvalue weighted by atomic mass is 10.2. The molecule has 4 heteroatoms. The Morgan fingerprint density at radius 1 is 1.33 bits per heavy atom. The topological polar surface area (TPSA) is 43.7 Å². The summed E-state index contributed by atoms with van der Waals surface area (Å²) in [6, 6.07) is 0. The van der Waals surface area contributed by atoms with Crippen molar-refractivity contribution in [3.8, 4) is 0 Å². The van der Waals surface area contributed by atoms with Crippen LogP contribution < -0.4 is 0 Å². The van der Waals surface area contributed by atoms with Gasteiger partial charge in [-0.15, -0.1) is 12.4 Å². The predicted molar refractivity (Wildman–Crippen MR) is 54.5 cm³/mol. The fraction of sp³-hybridized carbons (Fsp3) is 0.875. The number of hydrogen-bond donors (Lipinski definition) is 2. The van der Waals surface area contributed by atoms with Crippen LogP contribution in [-0.4, -0.2) is 49.0 Å². The van der Waals surface area contributed by atoms with E-state index in [1.54, 1.807) is 0 Å². The molecule has 1 atom stereocenters. The Kier molecular flexibility index (Phi) is 20.7. The third-order valence-electron chi connectivity index (χ3n) is 0.695. The highest BCUT2D eigenvalue weighted by Crippen LogP contribution is 1.91. The molecule has 0 rings (SSSR count). The monoisotopic (exact) mass is 198 g/mol. The van der Waals surface area contributed by atoms with E-state index in [1.165, 1.54) is 0 Å². The maximum atomic E-state index is 8.46. The molecule has 77 valence electrons. The molecule has 0 aromatic heterocycles. The Hall–Kier alpha value is 0.170. The van der Waals surface area contributed by atoms with E-state index >= 15 is 0 Å². The van der Waals surface area contributed by atoms with E-state index in [0.29, 0.717) is 12.8 Å². The first-order valence-electron chi connectivity index (χ1n) is 3.73. The van der Waals surface area contributed by atoms with Crippen LogP contribution in [0.25, 0.3) is 0 Å². The van der Waals surface area contributed by atoms with E-state index in [1.807, 2.05) is 26.0 Å². The first kappa shape index (κ1) is 18.1. The second kappa shape index (κ2) is 13.7. The molecule has 12 heavy (non-hydrogen) atoms. The number of aliphatic hydroxyl groups is 2. The highest BCUT2D eigenvalue weighted by atomic mass is 35.5. The molecule has 0 aromatic carbocycles. The number of nitrogens with zero attached hydrogens (tertiary/aromatic N) is 1. The molecule has 3 nitrogen and oxygen atoms in total.